The van der Waals surface area contributed by atoms with E-state index in [1.165, 1.54) is 4.31 Å². The fourth-order valence-corrected chi connectivity index (χ4v) is 5.68. The quantitative estimate of drug-likeness (QED) is 0.456. The number of fused-ring (bicyclic) bond motifs is 1. The van der Waals surface area contributed by atoms with Gasteiger partial charge in [-0.05, 0) is 44.5 Å². The Labute approximate surface area is 173 Å². The monoisotopic (exact) mass is 431 g/mol. The molecule has 3 heterocycles. The highest BCUT2D eigenvalue weighted by atomic mass is 32.2. The van der Waals surface area contributed by atoms with E-state index < -0.39 is 14.9 Å². The van der Waals surface area contributed by atoms with Crippen LogP contribution >= 0.6 is 0 Å². The lowest BCUT2D eigenvalue weighted by atomic mass is 10.1. The van der Waals surface area contributed by atoms with Gasteiger partial charge >= 0.3 is 5.69 Å². The van der Waals surface area contributed by atoms with Gasteiger partial charge in [-0.3, -0.25) is 15.1 Å². The lowest BCUT2D eigenvalue weighted by molar-refractivity contribution is -0.382. The van der Waals surface area contributed by atoms with Crippen LogP contribution in [0.2, 0.25) is 0 Å². The maximum Gasteiger partial charge on any atom is 0.301 e. The molecule has 1 saturated heterocycles. The third-order valence-corrected chi connectivity index (χ3v) is 7.42. The van der Waals surface area contributed by atoms with Crippen molar-refractivity contribution in [1.29, 1.82) is 0 Å². The first-order valence-corrected chi connectivity index (χ1v) is 10.9. The summed E-state index contributed by atoms with van der Waals surface area (Å²) in [5.74, 6) is 0.256. The van der Waals surface area contributed by atoms with Crippen molar-refractivity contribution in [3.8, 4) is 0 Å². The van der Waals surface area contributed by atoms with E-state index in [4.69, 9.17) is 4.52 Å². The van der Waals surface area contributed by atoms with Crippen LogP contribution in [0.15, 0.2) is 39.9 Å². The Morgan fingerprint density at radius 3 is 2.63 bits per heavy atom. The Morgan fingerprint density at radius 2 is 1.93 bits per heavy atom. The summed E-state index contributed by atoms with van der Waals surface area (Å²) in [5, 5.41) is 16.1. The third-order valence-electron chi connectivity index (χ3n) is 5.28. The molecule has 0 aliphatic carbocycles. The van der Waals surface area contributed by atoms with E-state index in [0.29, 0.717) is 48.3 Å². The van der Waals surface area contributed by atoms with Gasteiger partial charge < -0.3 is 9.42 Å². The number of hydrogen-bond acceptors (Lipinski definition) is 8. The van der Waals surface area contributed by atoms with Gasteiger partial charge in [-0.2, -0.15) is 4.31 Å². The van der Waals surface area contributed by atoms with Crippen LogP contribution in [0.4, 0.5) is 11.4 Å². The van der Waals surface area contributed by atoms with Crippen LogP contribution in [0.3, 0.4) is 0 Å². The van der Waals surface area contributed by atoms with Gasteiger partial charge in [-0.1, -0.05) is 5.16 Å². The van der Waals surface area contributed by atoms with Crippen LogP contribution in [0.5, 0.6) is 0 Å². The summed E-state index contributed by atoms with van der Waals surface area (Å²) in [6, 6.07) is 6.78. The minimum atomic E-state index is -3.76. The van der Waals surface area contributed by atoms with Crippen LogP contribution in [-0.2, 0) is 10.0 Å². The minimum Gasteiger partial charge on any atom is -0.365 e. The van der Waals surface area contributed by atoms with Crippen LogP contribution < -0.4 is 4.90 Å². The predicted octanol–water partition coefficient (Wildman–Crippen LogP) is 2.65. The molecule has 2 aromatic heterocycles. The van der Waals surface area contributed by atoms with E-state index in [2.05, 4.69) is 10.1 Å². The standard InChI is InChI=1S/C19H21N5O5S/c1-13-19(14(2)29-21-13)30(27,28)23-10-4-9-22(11-12-23)17-7-6-16-15(5-3-8-20-16)18(17)24(25)26/h3,5-8H,4,9-12H2,1-2H3. The molecular formula is C19H21N5O5S. The molecule has 1 aliphatic heterocycles. The summed E-state index contributed by atoms with van der Waals surface area (Å²) in [4.78, 5) is 17.6. The van der Waals surface area contributed by atoms with Crippen molar-refractivity contribution in [2.24, 2.45) is 0 Å². The van der Waals surface area contributed by atoms with Crippen LogP contribution in [0.25, 0.3) is 10.9 Å². The van der Waals surface area contributed by atoms with Crippen molar-refractivity contribution < 1.29 is 17.9 Å². The van der Waals surface area contributed by atoms with Crippen molar-refractivity contribution in [2.45, 2.75) is 25.2 Å². The number of rotatable bonds is 4. The summed E-state index contributed by atoms with van der Waals surface area (Å²) in [6.45, 7) is 4.51. The summed E-state index contributed by atoms with van der Waals surface area (Å²) in [7, 11) is -3.76. The molecule has 1 aliphatic rings. The molecule has 0 radical (unpaired) electrons. The highest BCUT2D eigenvalue weighted by Gasteiger charge is 2.33. The number of aromatic nitrogens is 2. The van der Waals surface area contributed by atoms with E-state index >= 15 is 0 Å². The van der Waals surface area contributed by atoms with Crippen molar-refractivity contribution in [3.63, 3.8) is 0 Å². The Morgan fingerprint density at radius 1 is 1.13 bits per heavy atom. The topological polar surface area (TPSA) is 123 Å². The van der Waals surface area contributed by atoms with Gasteiger partial charge in [0, 0.05) is 32.4 Å². The predicted molar refractivity (Wildman–Crippen MR) is 110 cm³/mol. The second-order valence-corrected chi connectivity index (χ2v) is 9.03. The average molecular weight is 431 g/mol. The van der Waals surface area contributed by atoms with Crippen LogP contribution in [0, 0.1) is 24.0 Å². The second kappa shape index (κ2) is 7.65. The van der Waals surface area contributed by atoms with Gasteiger partial charge in [-0.25, -0.2) is 8.42 Å². The molecule has 158 valence electrons. The molecule has 0 spiro atoms. The van der Waals surface area contributed by atoms with Gasteiger partial charge in [0.25, 0.3) is 0 Å². The summed E-state index contributed by atoms with van der Waals surface area (Å²) >= 11 is 0. The normalized spacial score (nSPS) is 16.0. The molecule has 4 rings (SSSR count). The number of hydrogen-bond donors (Lipinski definition) is 0. The van der Waals surface area contributed by atoms with E-state index in [1.54, 1.807) is 44.3 Å². The molecule has 0 unspecified atom stereocenters. The molecule has 0 amide bonds. The molecule has 0 atom stereocenters. The molecule has 0 bridgehead atoms. The summed E-state index contributed by atoms with van der Waals surface area (Å²) < 4.78 is 32.7. The number of anilines is 1. The van der Waals surface area contributed by atoms with Gasteiger partial charge in [0.15, 0.2) is 5.76 Å². The Hall–Kier alpha value is -3.05. The number of nitrogens with zero attached hydrogens (tertiary/aromatic N) is 5. The molecule has 11 heteroatoms. The molecule has 3 aromatic rings. The molecule has 1 aromatic carbocycles. The van der Waals surface area contributed by atoms with Crippen molar-refractivity contribution in [1.82, 2.24) is 14.4 Å². The largest absolute Gasteiger partial charge is 0.365 e. The fraction of sp³-hybridized carbons (Fsp3) is 0.368. The molecule has 0 saturated carbocycles. The first-order chi connectivity index (χ1) is 14.3. The van der Waals surface area contributed by atoms with Gasteiger partial charge in [0.1, 0.15) is 16.3 Å². The molecular weight excluding hydrogens is 410 g/mol. The Kier molecular flexibility index (Phi) is 5.16. The lowest BCUT2D eigenvalue weighted by Crippen LogP contribution is -2.35. The molecule has 10 nitrogen and oxygen atoms in total. The molecule has 0 N–H and O–H groups in total. The zero-order chi connectivity index (χ0) is 21.5. The Bertz CT molecular complexity index is 1200. The lowest BCUT2D eigenvalue weighted by Gasteiger charge is -2.23. The molecule has 1 fully saturated rings. The van der Waals surface area contributed by atoms with E-state index in [1.807, 2.05) is 4.90 Å². The smallest absolute Gasteiger partial charge is 0.301 e. The fourth-order valence-electron chi connectivity index (χ4n) is 3.92. The van der Waals surface area contributed by atoms with Crippen LogP contribution in [-0.4, -0.2) is 54.0 Å². The highest BCUT2D eigenvalue weighted by Crippen LogP contribution is 2.36. The zero-order valence-corrected chi connectivity index (χ0v) is 17.4. The van der Waals surface area contributed by atoms with Gasteiger partial charge in [-0.15, -0.1) is 0 Å². The summed E-state index contributed by atoms with van der Waals surface area (Å²) in [6.07, 6.45) is 2.12. The van der Waals surface area contributed by atoms with Crippen molar-refractivity contribution in [2.75, 3.05) is 31.1 Å². The molecule has 30 heavy (non-hydrogen) atoms. The number of sulfonamides is 1. The number of nitro benzene ring substituents is 1. The van der Waals surface area contributed by atoms with Crippen molar-refractivity contribution in [3.05, 3.63) is 52.0 Å². The number of nitro groups is 1. The number of pyridine rings is 1. The van der Waals surface area contributed by atoms with Crippen LogP contribution in [0.1, 0.15) is 17.9 Å². The third kappa shape index (κ3) is 3.39. The van der Waals surface area contributed by atoms with Crippen molar-refractivity contribution >= 4 is 32.3 Å². The SMILES string of the molecule is Cc1noc(C)c1S(=O)(=O)N1CCCN(c2ccc3ncccc3c2[N+](=O)[O-])CC1. The van der Waals surface area contributed by atoms with E-state index in [0.717, 1.165) is 0 Å². The first kappa shape index (κ1) is 20.2. The van der Waals surface area contributed by atoms with E-state index in [-0.39, 0.29) is 22.9 Å². The number of aryl methyl sites for hydroxylation is 2. The first-order valence-electron chi connectivity index (χ1n) is 9.51. The number of benzene rings is 1. The zero-order valence-electron chi connectivity index (χ0n) is 16.6. The Balaban J connectivity index is 1.66. The minimum absolute atomic E-state index is 0.0115. The highest BCUT2D eigenvalue weighted by molar-refractivity contribution is 7.89. The van der Waals surface area contributed by atoms with E-state index in [9.17, 15) is 18.5 Å². The second-order valence-electron chi connectivity index (χ2n) is 7.16. The van der Waals surface area contributed by atoms with Gasteiger partial charge in [0.2, 0.25) is 10.0 Å². The maximum absolute atomic E-state index is 13.1. The van der Waals surface area contributed by atoms with Gasteiger partial charge in [0.05, 0.1) is 15.8 Å². The summed E-state index contributed by atoms with van der Waals surface area (Å²) in [5.41, 5.74) is 1.33. The average Bonchev–Trinajstić information content (AvgIpc) is 2.92. The maximum atomic E-state index is 13.1.